The molecular formula is C19H14N2O2S2. The van der Waals surface area contributed by atoms with Crippen LogP contribution >= 0.6 is 23.6 Å². The van der Waals surface area contributed by atoms with Crippen LogP contribution < -0.4 is 10.6 Å². The van der Waals surface area contributed by atoms with Crippen LogP contribution in [0, 0.1) is 17.8 Å². The topological polar surface area (TPSA) is 54.6 Å². The summed E-state index contributed by atoms with van der Waals surface area (Å²) in [6.45, 7) is 4.00. The number of carbonyl (C=O) groups excluding carboxylic acids is 1. The molecule has 0 radical (unpaired) electrons. The molecule has 1 aromatic heterocycles. The number of rotatable bonds is 2. The summed E-state index contributed by atoms with van der Waals surface area (Å²) in [4.78, 5) is 16.9. The largest absolute Gasteiger partial charge is 0.493 e. The van der Waals surface area contributed by atoms with Gasteiger partial charge < -0.3 is 5.11 Å². The standard InChI is InChI=1S/C19H14N2O2S2/c1-10-6-5-9-14(11(10)2)21-18(23)16(25-19(21)24)15-12-7-3-4-8-13(12)20-17(15)22/h3-9,23H,1-2H3. The van der Waals surface area contributed by atoms with Gasteiger partial charge in [0, 0.05) is 5.22 Å². The Morgan fingerprint density at radius 2 is 1.88 bits per heavy atom. The van der Waals surface area contributed by atoms with Crippen LogP contribution in [0.1, 0.15) is 16.0 Å². The van der Waals surface area contributed by atoms with Gasteiger partial charge in [0.15, 0.2) is 3.95 Å². The van der Waals surface area contributed by atoms with Crippen molar-refractivity contribution < 1.29 is 9.90 Å². The smallest absolute Gasteiger partial charge is 0.279 e. The second-order valence-electron chi connectivity index (χ2n) is 5.88. The number of thiazole rings is 1. The Labute approximate surface area is 153 Å². The van der Waals surface area contributed by atoms with Gasteiger partial charge in [-0.2, -0.15) is 0 Å². The highest BCUT2D eigenvalue weighted by molar-refractivity contribution is 7.73. The Bertz CT molecular complexity index is 1220. The molecule has 0 bridgehead atoms. The second kappa shape index (κ2) is 5.75. The zero-order valence-electron chi connectivity index (χ0n) is 13.6. The Hall–Kier alpha value is -2.57. The van der Waals surface area contributed by atoms with Crippen molar-refractivity contribution in [3.05, 3.63) is 73.0 Å². The molecule has 4 rings (SSSR count). The second-order valence-corrected chi connectivity index (χ2v) is 7.53. The lowest BCUT2D eigenvalue weighted by atomic mass is 10.1. The third kappa shape index (κ3) is 2.37. The number of amides is 1. The number of aromatic hydroxyl groups is 1. The fourth-order valence-corrected chi connectivity index (χ4v) is 4.37. The molecule has 2 heterocycles. The molecule has 0 spiro atoms. The molecule has 6 heteroatoms. The molecular weight excluding hydrogens is 352 g/mol. The quantitative estimate of drug-likeness (QED) is 0.710. The van der Waals surface area contributed by atoms with Gasteiger partial charge in [0.2, 0.25) is 5.88 Å². The van der Waals surface area contributed by atoms with Gasteiger partial charge in [-0.25, -0.2) is 4.99 Å². The number of hydrogen-bond donors (Lipinski definition) is 1. The van der Waals surface area contributed by atoms with E-state index in [4.69, 9.17) is 12.2 Å². The van der Waals surface area contributed by atoms with Gasteiger partial charge in [-0.05, 0) is 49.3 Å². The lowest BCUT2D eigenvalue weighted by Gasteiger charge is -2.10. The van der Waals surface area contributed by atoms with Gasteiger partial charge in [-0.1, -0.05) is 30.3 Å². The van der Waals surface area contributed by atoms with Crippen LogP contribution in [0.4, 0.5) is 0 Å². The van der Waals surface area contributed by atoms with Crippen LogP contribution in [0.2, 0.25) is 0 Å². The molecule has 1 amide bonds. The summed E-state index contributed by atoms with van der Waals surface area (Å²) in [6, 6.07) is 13.2. The summed E-state index contributed by atoms with van der Waals surface area (Å²) in [6.07, 6.45) is 0. The van der Waals surface area contributed by atoms with Crippen molar-refractivity contribution in [2.75, 3.05) is 0 Å². The first-order chi connectivity index (χ1) is 12.0. The third-order valence-electron chi connectivity index (χ3n) is 4.44. The van der Waals surface area contributed by atoms with Gasteiger partial charge in [0.05, 0.1) is 16.6 Å². The summed E-state index contributed by atoms with van der Waals surface area (Å²) >= 11 is 6.71. The molecule has 25 heavy (non-hydrogen) atoms. The van der Waals surface area contributed by atoms with Crippen molar-refractivity contribution >= 4 is 35.0 Å². The van der Waals surface area contributed by atoms with E-state index in [1.54, 1.807) is 10.6 Å². The normalized spacial score (nSPS) is 13.0. The first kappa shape index (κ1) is 15.9. The van der Waals surface area contributed by atoms with E-state index < -0.39 is 0 Å². The zero-order valence-corrected chi connectivity index (χ0v) is 15.2. The van der Waals surface area contributed by atoms with Crippen LogP contribution in [-0.4, -0.2) is 15.6 Å². The number of carbonyl (C=O) groups is 1. The Morgan fingerprint density at radius 1 is 1.12 bits per heavy atom. The van der Waals surface area contributed by atoms with Crippen molar-refractivity contribution in [2.24, 2.45) is 4.99 Å². The Kier molecular flexibility index (Phi) is 3.67. The number of aromatic nitrogens is 1. The van der Waals surface area contributed by atoms with Crippen LogP contribution in [0.15, 0.2) is 47.5 Å². The predicted molar refractivity (Wildman–Crippen MR) is 100 cm³/mol. The van der Waals surface area contributed by atoms with Crippen LogP contribution in [0.25, 0.3) is 11.3 Å². The van der Waals surface area contributed by atoms with E-state index in [1.807, 2.05) is 50.2 Å². The Morgan fingerprint density at radius 3 is 2.68 bits per heavy atom. The van der Waals surface area contributed by atoms with Crippen LogP contribution in [0.3, 0.4) is 0 Å². The predicted octanol–water partition coefficient (Wildman–Crippen LogP) is 2.95. The average Bonchev–Trinajstić information content (AvgIpc) is 3.06. The highest BCUT2D eigenvalue weighted by atomic mass is 32.1. The molecule has 1 aliphatic rings. The Balaban J connectivity index is 2.03. The number of para-hydroxylation sites is 1. The van der Waals surface area contributed by atoms with Crippen molar-refractivity contribution in [1.82, 2.24) is 4.57 Å². The summed E-state index contributed by atoms with van der Waals surface area (Å²) in [5, 5.41) is 12.2. The zero-order chi connectivity index (χ0) is 17.7. The number of fused-ring (bicyclic) bond motifs is 1. The summed E-state index contributed by atoms with van der Waals surface area (Å²) in [5.41, 5.74) is 3.37. The van der Waals surface area contributed by atoms with Crippen molar-refractivity contribution in [3.63, 3.8) is 0 Å². The SMILES string of the molecule is Cc1cccc(-n2c(O)c(C3=c4ccccc4=NC3=O)sc2=S)c1C. The van der Waals surface area contributed by atoms with Crippen LogP contribution in [-0.2, 0) is 4.79 Å². The molecule has 0 saturated carbocycles. The first-order valence-corrected chi connectivity index (χ1v) is 8.95. The van der Waals surface area contributed by atoms with Gasteiger partial charge in [-0.3, -0.25) is 9.36 Å². The maximum absolute atomic E-state index is 12.4. The van der Waals surface area contributed by atoms with Gasteiger partial charge in [0.1, 0.15) is 4.88 Å². The van der Waals surface area contributed by atoms with Crippen molar-refractivity contribution in [3.8, 4) is 11.6 Å². The highest BCUT2D eigenvalue weighted by Crippen LogP contribution is 2.36. The van der Waals surface area contributed by atoms with Crippen molar-refractivity contribution in [2.45, 2.75) is 13.8 Å². The maximum Gasteiger partial charge on any atom is 0.279 e. The van der Waals surface area contributed by atoms with E-state index in [0.717, 1.165) is 22.0 Å². The highest BCUT2D eigenvalue weighted by Gasteiger charge is 2.25. The van der Waals surface area contributed by atoms with Crippen molar-refractivity contribution in [1.29, 1.82) is 0 Å². The fraction of sp³-hybridized carbons (Fsp3) is 0.105. The molecule has 1 aliphatic heterocycles. The van der Waals surface area contributed by atoms with E-state index in [0.29, 0.717) is 19.8 Å². The molecule has 3 aromatic rings. The molecule has 0 saturated heterocycles. The minimum Gasteiger partial charge on any atom is -0.493 e. The van der Waals surface area contributed by atoms with E-state index in [9.17, 15) is 9.90 Å². The maximum atomic E-state index is 12.4. The van der Waals surface area contributed by atoms with E-state index in [1.165, 1.54) is 11.3 Å². The number of benzene rings is 2. The van der Waals surface area contributed by atoms with Gasteiger partial charge >= 0.3 is 0 Å². The number of hydrogen-bond acceptors (Lipinski definition) is 4. The van der Waals surface area contributed by atoms with E-state index >= 15 is 0 Å². The molecule has 0 aliphatic carbocycles. The molecule has 124 valence electrons. The molecule has 2 aromatic carbocycles. The summed E-state index contributed by atoms with van der Waals surface area (Å²) < 4.78 is 2.12. The molecule has 1 N–H and O–H groups in total. The van der Waals surface area contributed by atoms with Crippen LogP contribution in [0.5, 0.6) is 5.88 Å². The molecule has 4 nitrogen and oxygen atoms in total. The monoisotopic (exact) mass is 366 g/mol. The van der Waals surface area contributed by atoms with Gasteiger partial charge in [0.25, 0.3) is 5.91 Å². The van der Waals surface area contributed by atoms with E-state index in [-0.39, 0.29) is 11.8 Å². The minimum absolute atomic E-state index is 0.0149. The summed E-state index contributed by atoms with van der Waals surface area (Å²) in [5.74, 6) is -0.361. The lowest BCUT2D eigenvalue weighted by Crippen LogP contribution is -2.22. The number of aryl methyl sites for hydroxylation is 1. The molecule has 0 fully saturated rings. The minimum atomic E-state index is -0.346. The third-order valence-corrected chi connectivity index (χ3v) is 5.82. The van der Waals surface area contributed by atoms with Gasteiger partial charge in [-0.15, -0.1) is 11.3 Å². The first-order valence-electron chi connectivity index (χ1n) is 7.73. The number of nitrogens with zero attached hydrogens (tertiary/aromatic N) is 2. The summed E-state index contributed by atoms with van der Waals surface area (Å²) in [7, 11) is 0. The molecule has 0 atom stereocenters. The molecule has 0 unspecified atom stereocenters. The van der Waals surface area contributed by atoms with E-state index in [2.05, 4.69) is 4.99 Å². The lowest BCUT2D eigenvalue weighted by molar-refractivity contribution is -0.112. The average molecular weight is 366 g/mol. The fourth-order valence-electron chi connectivity index (χ4n) is 3.00.